The highest BCUT2D eigenvalue weighted by atomic mass is 127. The Bertz CT molecular complexity index is 593. The molecule has 0 unspecified atom stereocenters. The second-order valence-electron chi connectivity index (χ2n) is 4.51. The van der Waals surface area contributed by atoms with Gasteiger partial charge in [-0.25, -0.2) is 9.38 Å². The standard InChI is InChI=1S/C16H20FN3OS.HI/c1-2-18-16(20-12-15-7-4-10-22-15)19-8-9-21-14-6-3-5-13(17)11-14;/h3-7,10-11H,2,8-9,12H2,1H3,(H2,18,19,20);1H. The van der Waals surface area contributed by atoms with E-state index in [-0.39, 0.29) is 29.8 Å². The second kappa shape index (κ2) is 11.2. The molecule has 1 aromatic carbocycles. The minimum Gasteiger partial charge on any atom is -0.492 e. The second-order valence-corrected chi connectivity index (χ2v) is 5.54. The van der Waals surface area contributed by atoms with Crippen LogP contribution in [0.4, 0.5) is 4.39 Å². The molecule has 4 nitrogen and oxygen atoms in total. The normalized spacial score (nSPS) is 10.8. The number of thiophene rings is 1. The largest absolute Gasteiger partial charge is 0.492 e. The minimum absolute atomic E-state index is 0. The molecule has 1 aromatic heterocycles. The number of aliphatic imine (C=N–C) groups is 1. The van der Waals surface area contributed by atoms with Crippen LogP contribution in [-0.4, -0.2) is 25.7 Å². The lowest BCUT2D eigenvalue weighted by Gasteiger charge is -2.12. The molecule has 0 saturated heterocycles. The summed E-state index contributed by atoms with van der Waals surface area (Å²) in [5.41, 5.74) is 0. The Morgan fingerprint density at radius 3 is 2.83 bits per heavy atom. The summed E-state index contributed by atoms with van der Waals surface area (Å²) in [6.45, 7) is 4.49. The van der Waals surface area contributed by atoms with Crippen LogP contribution in [0.3, 0.4) is 0 Å². The van der Waals surface area contributed by atoms with Gasteiger partial charge in [0.25, 0.3) is 0 Å². The summed E-state index contributed by atoms with van der Waals surface area (Å²) in [4.78, 5) is 5.72. The quantitative estimate of drug-likeness (QED) is 0.294. The lowest BCUT2D eigenvalue weighted by atomic mass is 10.3. The zero-order chi connectivity index (χ0) is 15.6. The topological polar surface area (TPSA) is 45.7 Å². The van der Waals surface area contributed by atoms with Gasteiger partial charge in [-0.15, -0.1) is 35.3 Å². The Hall–Kier alpha value is -1.35. The van der Waals surface area contributed by atoms with E-state index in [0.29, 0.717) is 25.4 Å². The highest BCUT2D eigenvalue weighted by Crippen LogP contribution is 2.11. The third-order valence-corrected chi connectivity index (χ3v) is 3.64. The van der Waals surface area contributed by atoms with Crippen molar-refractivity contribution in [1.82, 2.24) is 10.6 Å². The molecule has 0 bridgehead atoms. The van der Waals surface area contributed by atoms with Gasteiger partial charge in [-0.1, -0.05) is 12.1 Å². The van der Waals surface area contributed by atoms with Gasteiger partial charge in [0.15, 0.2) is 5.96 Å². The van der Waals surface area contributed by atoms with Gasteiger partial charge in [-0.3, -0.25) is 0 Å². The molecular weight excluding hydrogens is 428 g/mol. The first-order valence-electron chi connectivity index (χ1n) is 7.21. The van der Waals surface area contributed by atoms with E-state index in [2.05, 4.69) is 21.7 Å². The van der Waals surface area contributed by atoms with Crippen LogP contribution < -0.4 is 15.4 Å². The number of benzene rings is 1. The Balaban J connectivity index is 0.00000264. The van der Waals surface area contributed by atoms with E-state index in [0.717, 1.165) is 12.5 Å². The number of hydrogen-bond acceptors (Lipinski definition) is 3. The predicted molar refractivity (Wildman–Crippen MR) is 104 cm³/mol. The van der Waals surface area contributed by atoms with Crippen LogP contribution in [0.1, 0.15) is 11.8 Å². The van der Waals surface area contributed by atoms with E-state index in [4.69, 9.17) is 4.74 Å². The van der Waals surface area contributed by atoms with Crippen molar-refractivity contribution in [2.24, 2.45) is 4.99 Å². The molecule has 2 rings (SSSR count). The van der Waals surface area contributed by atoms with Crippen LogP contribution in [0, 0.1) is 5.82 Å². The van der Waals surface area contributed by atoms with Crippen molar-refractivity contribution in [1.29, 1.82) is 0 Å². The smallest absolute Gasteiger partial charge is 0.191 e. The monoisotopic (exact) mass is 449 g/mol. The summed E-state index contributed by atoms with van der Waals surface area (Å²) in [6, 6.07) is 10.2. The number of guanidine groups is 1. The summed E-state index contributed by atoms with van der Waals surface area (Å²) in [6.07, 6.45) is 0. The summed E-state index contributed by atoms with van der Waals surface area (Å²) in [5.74, 6) is 0.984. The molecule has 1 heterocycles. The van der Waals surface area contributed by atoms with Gasteiger partial charge in [-0.05, 0) is 30.5 Å². The maximum Gasteiger partial charge on any atom is 0.191 e. The Morgan fingerprint density at radius 2 is 2.13 bits per heavy atom. The van der Waals surface area contributed by atoms with Crippen molar-refractivity contribution in [2.45, 2.75) is 13.5 Å². The third kappa shape index (κ3) is 7.65. The summed E-state index contributed by atoms with van der Waals surface area (Å²) < 4.78 is 18.5. The van der Waals surface area contributed by atoms with Gasteiger partial charge in [0.05, 0.1) is 13.1 Å². The van der Waals surface area contributed by atoms with Crippen LogP contribution in [0.5, 0.6) is 5.75 Å². The fourth-order valence-electron chi connectivity index (χ4n) is 1.80. The molecule has 0 spiro atoms. The fourth-order valence-corrected chi connectivity index (χ4v) is 2.42. The first-order chi connectivity index (χ1) is 10.8. The molecular formula is C16H21FIN3OS. The SMILES string of the molecule is CCNC(=NCc1cccs1)NCCOc1cccc(F)c1.I. The van der Waals surface area contributed by atoms with E-state index in [1.165, 1.54) is 17.0 Å². The molecule has 0 fully saturated rings. The van der Waals surface area contributed by atoms with Crippen molar-refractivity contribution in [3.05, 3.63) is 52.5 Å². The third-order valence-electron chi connectivity index (χ3n) is 2.78. The van der Waals surface area contributed by atoms with Gasteiger partial charge >= 0.3 is 0 Å². The molecule has 0 aliphatic heterocycles. The van der Waals surface area contributed by atoms with Crippen LogP contribution in [0.2, 0.25) is 0 Å². The van der Waals surface area contributed by atoms with E-state index >= 15 is 0 Å². The molecule has 2 aromatic rings. The zero-order valence-electron chi connectivity index (χ0n) is 12.9. The molecule has 0 aliphatic carbocycles. The van der Waals surface area contributed by atoms with E-state index in [9.17, 15) is 4.39 Å². The van der Waals surface area contributed by atoms with Gasteiger partial charge in [-0.2, -0.15) is 0 Å². The van der Waals surface area contributed by atoms with E-state index in [1.54, 1.807) is 23.5 Å². The number of nitrogens with one attached hydrogen (secondary N) is 2. The van der Waals surface area contributed by atoms with Gasteiger partial charge in [0.2, 0.25) is 0 Å². The van der Waals surface area contributed by atoms with Crippen molar-refractivity contribution >= 4 is 41.3 Å². The maximum absolute atomic E-state index is 13.0. The molecule has 0 radical (unpaired) electrons. The maximum atomic E-state index is 13.0. The minimum atomic E-state index is -0.295. The number of halogens is 2. The Morgan fingerprint density at radius 1 is 1.26 bits per heavy atom. The molecule has 0 saturated carbocycles. The van der Waals surface area contributed by atoms with Crippen LogP contribution in [0.15, 0.2) is 46.8 Å². The van der Waals surface area contributed by atoms with Crippen LogP contribution in [0.25, 0.3) is 0 Å². The highest BCUT2D eigenvalue weighted by molar-refractivity contribution is 14.0. The van der Waals surface area contributed by atoms with Crippen molar-refractivity contribution in [3.63, 3.8) is 0 Å². The summed E-state index contributed by atoms with van der Waals surface area (Å²) >= 11 is 1.69. The number of ether oxygens (including phenoxy) is 1. The summed E-state index contributed by atoms with van der Waals surface area (Å²) in [7, 11) is 0. The first-order valence-corrected chi connectivity index (χ1v) is 8.09. The van der Waals surface area contributed by atoms with Crippen LogP contribution in [-0.2, 0) is 6.54 Å². The van der Waals surface area contributed by atoms with Crippen molar-refractivity contribution in [3.8, 4) is 5.75 Å². The van der Waals surface area contributed by atoms with Gasteiger partial charge in [0, 0.05) is 17.5 Å². The predicted octanol–water partition coefficient (Wildman–Crippen LogP) is 3.64. The van der Waals surface area contributed by atoms with E-state index < -0.39 is 0 Å². The van der Waals surface area contributed by atoms with Crippen LogP contribution >= 0.6 is 35.3 Å². The molecule has 126 valence electrons. The highest BCUT2D eigenvalue weighted by Gasteiger charge is 1.99. The first kappa shape index (κ1) is 19.7. The molecule has 2 N–H and O–H groups in total. The van der Waals surface area contributed by atoms with Gasteiger partial charge in [0.1, 0.15) is 18.2 Å². The average Bonchev–Trinajstić information content (AvgIpc) is 3.02. The van der Waals surface area contributed by atoms with E-state index in [1.807, 2.05) is 18.4 Å². The summed E-state index contributed by atoms with van der Waals surface area (Å²) in [5, 5.41) is 8.41. The molecule has 0 aliphatic rings. The molecule has 0 atom stereocenters. The number of nitrogens with zero attached hydrogens (tertiary/aromatic N) is 1. The Labute approximate surface area is 157 Å². The molecule has 7 heteroatoms. The van der Waals surface area contributed by atoms with Crippen molar-refractivity contribution in [2.75, 3.05) is 19.7 Å². The molecule has 23 heavy (non-hydrogen) atoms. The average molecular weight is 449 g/mol. The number of rotatable bonds is 7. The fraction of sp³-hybridized carbons (Fsp3) is 0.312. The lowest BCUT2D eigenvalue weighted by molar-refractivity contribution is 0.320. The van der Waals surface area contributed by atoms with Crippen molar-refractivity contribution < 1.29 is 9.13 Å². The number of hydrogen-bond donors (Lipinski definition) is 2. The Kier molecular flexibility index (Phi) is 9.61. The lowest BCUT2D eigenvalue weighted by Crippen LogP contribution is -2.39. The van der Waals surface area contributed by atoms with Gasteiger partial charge < -0.3 is 15.4 Å². The zero-order valence-corrected chi connectivity index (χ0v) is 16.1. The molecule has 0 amide bonds.